The van der Waals surface area contributed by atoms with Crippen LogP contribution in [0, 0.1) is 5.82 Å². The first kappa shape index (κ1) is 20.3. The molecule has 150 valence electrons. The monoisotopic (exact) mass is 408 g/mol. The first-order chi connectivity index (χ1) is 13.4. The van der Waals surface area contributed by atoms with Gasteiger partial charge < -0.3 is 9.84 Å². The van der Waals surface area contributed by atoms with Crippen LogP contribution in [0.2, 0.25) is 5.02 Å². The molecule has 0 unspecified atom stereocenters. The number of carboxylic acid groups (broad SMARTS) is 1. The predicted molar refractivity (Wildman–Crippen MR) is 102 cm³/mol. The van der Waals surface area contributed by atoms with E-state index < -0.39 is 17.8 Å². The second-order valence-corrected chi connectivity index (χ2v) is 7.26. The summed E-state index contributed by atoms with van der Waals surface area (Å²) in [5, 5.41) is 9.11. The van der Waals surface area contributed by atoms with Crippen LogP contribution in [-0.4, -0.2) is 33.2 Å². The van der Waals surface area contributed by atoms with Crippen molar-refractivity contribution in [3.63, 3.8) is 0 Å². The lowest BCUT2D eigenvalue weighted by Crippen LogP contribution is -2.14. The van der Waals surface area contributed by atoms with Crippen molar-refractivity contribution in [1.29, 1.82) is 0 Å². The summed E-state index contributed by atoms with van der Waals surface area (Å²) >= 11 is 5.98. The van der Waals surface area contributed by atoms with Gasteiger partial charge in [-0.15, -0.1) is 0 Å². The molecule has 1 aliphatic rings. The summed E-state index contributed by atoms with van der Waals surface area (Å²) in [4.78, 5) is 28.0. The van der Waals surface area contributed by atoms with Crippen molar-refractivity contribution in [2.45, 2.75) is 51.4 Å². The van der Waals surface area contributed by atoms with E-state index in [1.165, 1.54) is 22.9 Å². The summed E-state index contributed by atoms with van der Waals surface area (Å²) < 4.78 is 21.5. The molecule has 0 saturated heterocycles. The molecule has 0 bridgehead atoms. The molecule has 1 saturated carbocycles. The minimum absolute atomic E-state index is 0.0264. The number of hydrogen-bond donors (Lipinski definition) is 1. The highest BCUT2D eigenvalue weighted by molar-refractivity contribution is 6.31. The summed E-state index contributed by atoms with van der Waals surface area (Å²) in [6.07, 6.45) is 5.95. The molecule has 28 heavy (non-hydrogen) atoms. The molecule has 8 heteroatoms. The minimum atomic E-state index is -1.09. The zero-order valence-corrected chi connectivity index (χ0v) is 16.3. The number of carboxylic acids is 1. The third-order valence-corrected chi connectivity index (χ3v) is 5.22. The molecule has 1 aromatic heterocycles. The summed E-state index contributed by atoms with van der Waals surface area (Å²) in [6.45, 7) is 1.89. The van der Waals surface area contributed by atoms with Gasteiger partial charge >= 0.3 is 11.9 Å². The topological polar surface area (TPSA) is 81.4 Å². The van der Waals surface area contributed by atoms with Gasteiger partial charge in [0.05, 0.1) is 23.7 Å². The van der Waals surface area contributed by atoms with Gasteiger partial charge in [-0.25, -0.2) is 14.2 Å². The first-order valence-electron chi connectivity index (χ1n) is 9.37. The van der Waals surface area contributed by atoms with Gasteiger partial charge in [0.15, 0.2) is 11.5 Å². The molecule has 1 aromatic carbocycles. The van der Waals surface area contributed by atoms with Crippen molar-refractivity contribution in [3.05, 3.63) is 46.3 Å². The van der Waals surface area contributed by atoms with E-state index in [0.717, 1.165) is 32.1 Å². The van der Waals surface area contributed by atoms with E-state index in [-0.39, 0.29) is 40.9 Å². The van der Waals surface area contributed by atoms with Crippen LogP contribution < -0.4 is 0 Å². The van der Waals surface area contributed by atoms with Crippen LogP contribution in [0.3, 0.4) is 0 Å². The average Bonchev–Trinajstić information content (AvgIpc) is 3.10. The largest absolute Gasteiger partial charge is 0.481 e. The smallest absolute Gasteiger partial charge is 0.358 e. The molecule has 0 amide bonds. The number of hydrogen-bond acceptors (Lipinski definition) is 4. The summed E-state index contributed by atoms with van der Waals surface area (Å²) in [6, 6.07) is 2.83. The number of halogens is 2. The van der Waals surface area contributed by atoms with Crippen molar-refractivity contribution in [1.82, 2.24) is 9.55 Å². The van der Waals surface area contributed by atoms with Crippen LogP contribution in [0.15, 0.2) is 18.3 Å². The predicted octanol–water partition coefficient (Wildman–Crippen LogP) is 4.52. The maximum atomic E-state index is 15.0. The number of nitrogens with zero attached hydrogens (tertiary/aromatic N) is 2. The van der Waals surface area contributed by atoms with Gasteiger partial charge in [0.25, 0.3) is 0 Å². The van der Waals surface area contributed by atoms with Crippen LogP contribution in [0.5, 0.6) is 0 Å². The lowest BCUT2D eigenvalue weighted by molar-refractivity contribution is -0.136. The third kappa shape index (κ3) is 4.19. The van der Waals surface area contributed by atoms with Crippen LogP contribution in [0.1, 0.15) is 66.8 Å². The molecule has 6 nitrogen and oxygen atoms in total. The Balaban J connectivity index is 2.18. The lowest BCUT2D eigenvalue weighted by atomic mass is 9.88. The molecule has 1 N–H and O–H groups in total. The van der Waals surface area contributed by atoms with Gasteiger partial charge in [-0.05, 0) is 31.4 Å². The Morgan fingerprint density at radius 1 is 1.32 bits per heavy atom. The van der Waals surface area contributed by atoms with Crippen molar-refractivity contribution in [2.24, 2.45) is 0 Å². The van der Waals surface area contributed by atoms with Gasteiger partial charge in [0, 0.05) is 12.1 Å². The van der Waals surface area contributed by atoms with E-state index in [0.29, 0.717) is 5.82 Å². The Hall–Kier alpha value is -2.41. The van der Waals surface area contributed by atoms with E-state index >= 15 is 4.39 Å². The highest BCUT2D eigenvalue weighted by atomic mass is 35.5. The van der Waals surface area contributed by atoms with Gasteiger partial charge in [0.1, 0.15) is 5.82 Å². The van der Waals surface area contributed by atoms with E-state index in [4.69, 9.17) is 16.3 Å². The molecule has 1 aliphatic carbocycles. The maximum absolute atomic E-state index is 15.0. The highest BCUT2D eigenvalue weighted by Gasteiger charge is 2.27. The van der Waals surface area contributed by atoms with Crippen molar-refractivity contribution < 1.29 is 23.8 Å². The SMILES string of the molecule is CCOC(=O)c1cn(-c2c(CC(=O)O)ccc(Cl)c2F)c(C2CCCCC2)n1. The lowest BCUT2D eigenvalue weighted by Gasteiger charge is -2.23. The number of ether oxygens (including phenoxy) is 1. The number of benzene rings is 1. The second kappa shape index (κ2) is 8.73. The molecule has 0 radical (unpaired) electrons. The Morgan fingerprint density at radius 3 is 2.68 bits per heavy atom. The standard InChI is InChI=1S/C20H22ClFN2O4/c1-2-28-20(27)15-11-24(19(23-15)12-6-4-3-5-7-12)18-13(10-16(25)26)8-9-14(21)17(18)22/h8-9,11-12H,2-7,10H2,1H3,(H,25,26). The van der Waals surface area contributed by atoms with Gasteiger partial charge in [-0.3, -0.25) is 9.36 Å². The normalized spacial score (nSPS) is 14.8. The van der Waals surface area contributed by atoms with Crippen LogP contribution >= 0.6 is 11.6 Å². The molecule has 2 aromatic rings. The van der Waals surface area contributed by atoms with Crippen LogP contribution in [-0.2, 0) is 16.0 Å². The minimum Gasteiger partial charge on any atom is -0.481 e. The Bertz CT molecular complexity index is 891. The molecule has 1 fully saturated rings. The Morgan fingerprint density at radius 2 is 2.04 bits per heavy atom. The molecule has 0 spiro atoms. The Labute approximate surface area is 167 Å². The molecule has 0 atom stereocenters. The van der Waals surface area contributed by atoms with E-state index in [9.17, 15) is 14.7 Å². The Kier molecular flexibility index (Phi) is 6.34. The quantitative estimate of drug-likeness (QED) is 0.711. The van der Waals surface area contributed by atoms with Gasteiger partial charge in [-0.2, -0.15) is 0 Å². The van der Waals surface area contributed by atoms with Crippen molar-refractivity contribution >= 4 is 23.5 Å². The van der Waals surface area contributed by atoms with E-state index in [1.54, 1.807) is 6.92 Å². The fourth-order valence-corrected chi connectivity index (χ4v) is 3.82. The van der Waals surface area contributed by atoms with Crippen molar-refractivity contribution in [3.8, 4) is 5.69 Å². The van der Waals surface area contributed by atoms with Gasteiger partial charge in [-0.1, -0.05) is 36.9 Å². The number of carbonyl (C=O) groups is 2. The van der Waals surface area contributed by atoms with Crippen LogP contribution in [0.4, 0.5) is 4.39 Å². The number of esters is 1. The van der Waals surface area contributed by atoms with Gasteiger partial charge in [0.2, 0.25) is 0 Å². The average molecular weight is 409 g/mol. The first-order valence-corrected chi connectivity index (χ1v) is 9.75. The molecule has 1 heterocycles. The summed E-state index contributed by atoms with van der Waals surface area (Å²) in [5.41, 5.74) is 0.362. The number of aliphatic carboxylic acids is 1. The molecule has 0 aliphatic heterocycles. The number of rotatable bonds is 6. The maximum Gasteiger partial charge on any atom is 0.358 e. The number of imidazole rings is 1. The zero-order chi connectivity index (χ0) is 20.3. The zero-order valence-electron chi connectivity index (χ0n) is 15.6. The second-order valence-electron chi connectivity index (χ2n) is 6.85. The van der Waals surface area contributed by atoms with Crippen molar-refractivity contribution in [2.75, 3.05) is 6.61 Å². The fourth-order valence-electron chi connectivity index (χ4n) is 3.67. The number of carbonyl (C=O) groups excluding carboxylic acids is 1. The molecular weight excluding hydrogens is 387 g/mol. The molecular formula is C20H22ClFN2O4. The summed E-state index contributed by atoms with van der Waals surface area (Å²) in [7, 11) is 0. The van der Waals surface area contributed by atoms with E-state index in [2.05, 4.69) is 4.98 Å². The number of aromatic nitrogens is 2. The fraction of sp³-hybridized carbons (Fsp3) is 0.450. The van der Waals surface area contributed by atoms with Crippen LogP contribution in [0.25, 0.3) is 5.69 Å². The third-order valence-electron chi connectivity index (χ3n) is 4.92. The summed E-state index contributed by atoms with van der Waals surface area (Å²) in [5.74, 6) is -1.83. The highest BCUT2D eigenvalue weighted by Crippen LogP contribution is 2.35. The van der Waals surface area contributed by atoms with E-state index in [1.807, 2.05) is 0 Å². The molecule has 3 rings (SSSR count).